The second-order valence-electron chi connectivity index (χ2n) is 2.56. The van der Waals surface area contributed by atoms with E-state index >= 15 is 0 Å². The van der Waals surface area contributed by atoms with Crippen molar-refractivity contribution < 1.29 is 4.79 Å². The monoisotopic (exact) mass is 172 g/mol. The summed E-state index contributed by atoms with van der Waals surface area (Å²) in [5, 5.41) is 8.41. The van der Waals surface area contributed by atoms with E-state index in [9.17, 15) is 4.79 Å². The van der Waals surface area contributed by atoms with Gasteiger partial charge in [-0.05, 0) is 11.1 Å². The lowest BCUT2D eigenvalue weighted by atomic mass is 10.1. The average molecular weight is 172 g/mol. The highest BCUT2D eigenvalue weighted by Crippen LogP contribution is 2.05. The summed E-state index contributed by atoms with van der Waals surface area (Å²) in [4.78, 5) is 13.3. The SMILES string of the molecule is N#CCc1ccc(CN=C=O)cc1. The van der Waals surface area contributed by atoms with Gasteiger partial charge < -0.3 is 0 Å². The highest BCUT2D eigenvalue weighted by molar-refractivity contribution is 5.34. The highest BCUT2D eigenvalue weighted by atomic mass is 16.1. The zero-order chi connectivity index (χ0) is 9.52. The molecule has 0 saturated carbocycles. The number of isocyanates is 1. The second-order valence-corrected chi connectivity index (χ2v) is 2.56. The van der Waals surface area contributed by atoms with E-state index in [0.717, 1.165) is 11.1 Å². The lowest BCUT2D eigenvalue weighted by Crippen LogP contribution is -1.84. The standard InChI is InChI=1S/C10H8N2O/c11-6-5-9-1-3-10(4-2-9)7-12-8-13/h1-4H,5,7H2. The van der Waals surface area contributed by atoms with Crippen molar-refractivity contribution in [2.75, 3.05) is 0 Å². The molecule has 0 saturated heterocycles. The molecule has 0 atom stereocenters. The molecule has 0 aliphatic heterocycles. The van der Waals surface area contributed by atoms with Gasteiger partial charge in [-0.25, -0.2) is 9.79 Å². The first-order valence-electron chi connectivity index (χ1n) is 3.85. The van der Waals surface area contributed by atoms with Crippen LogP contribution in [0.25, 0.3) is 0 Å². The van der Waals surface area contributed by atoms with E-state index in [-0.39, 0.29) is 0 Å². The molecule has 0 N–H and O–H groups in total. The Hall–Kier alpha value is -1.91. The molecule has 1 aromatic carbocycles. The number of carbonyl (C=O) groups excluding carboxylic acids is 1. The Morgan fingerprint density at radius 2 is 1.85 bits per heavy atom. The summed E-state index contributed by atoms with van der Waals surface area (Å²) in [6.45, 7) is 0.357. The largest absolute Gasteiger partial charge is 0.235 e. The van der Waals surface area contributed by atoms with Gasteiger partial charge in [0.25, 0.3) is 0 Å². The Kier molecular flexibility index (Phi) is 3.44. The molecule has 3 nitrogen and oxygen atoms in total. The molecule has 64 valence electrons. The molecule has 1 aromatic rings. The van der Waals surface area contributed by atoms with Crippen LogP contribution in [-0.2, 0) is 17.8 Å². The predicted molar refractivity (Wildman–Crippen MR) is 47.6 cm³/mol. The fraction of sp³-hybridized carbons (Fsp3) is 0.200. The summed E-state index contributed by atoms with van der Waals surface area (Å²) < 4.78 is 0. The number of nitriles is 1. The van der Waals surface area contributed by atoms with Gasteiger partial charge in [-0.1, -0.05) is 24.3 Å². The van der Waals surface area contributed by atoms with E-state index in [2.05, 4.69) is 11.1 Å². The van der Waals surface area contributed by atoms with Gasteiger partial charge in [0.2, 0.25) is 6.08 Å². The minimum atomic E-state index is 0.357. The molecule has 0 spiro atoms. The van der Waals surface area contributed by atoms with Crippen LogP contribution >= 0.6 is 0 Å². The van der Waals surface area contributed by atoms with E-state index in [0.29, 0.717) is 13.0 Å². The van der Waals surface area contributed by atoms with Gasteiger partial charge in [0, 0.05) is 0 Å². The second kappa shape index (κ2) is 4.87. The highest BCUT2D eigenvalue weighted by Gasteiger charge is 1.92. The van der Waals surface area contributed by atoms with Crippen molar-refractivity contribution in [3.05, 3.63) is 35.4 Å². The number of benzene rings is 1. The molecule has 3 heteroatoms. The molecule has 0 bridgehead atoms. The molecule has 13 heavy (non-hydrogen) atoms. The molecule has 0 aliphatic carbocycles. The van der Waals surface area contributed by atoms with E-state index in [1.54, 1.807) is 0 Å². The number of rotatable bonds is 3. The quantitative estimate of drug-likeness (QED) is 0.513. The van der Waals surface area contributed by atoms with Crippen molar-refractivity contribution in [2.45, 2.75) is 13.0 Å². The van der Waals surface area contributed by atoms with Gasteiger partial charge in [0.05, 0.1) is 19.0 Å². The lowest BCUT2D eigenvalue weighted by Gasteiger charge is -1.96. The smallest absolute Gasteiger partial charge is 0.211 e. The summed E-state index contributed by atoms with van der Waals surface area (Å²) in [6, 6.07) is 9.49. The lowest BCUT2D eigenvalue weighted by molar-refractivity contribution is 0.563. The van der Waals surface area contributed by atoms with Crippen molar-refractivity contribution in [3.8, 4) is 6.07 Å². The first-order valence-corrected chi connectivity index (χ1v) is 3.85. The molecule has 1 rings (SSSR count). The first-order chi connectivity index (χ1) is 6.36. The van der Waals surface area contributed by atoms with Gasteiger partial charge in [-0.2, -0.15) is 5.26 Å². The Bertz CT molecular complexity index is 356. The molecule has 0 fully saturated rings. The third-order valence-electron chi connectivity index (χ3n) is 1.63. The molecule has 0 radical (unpaired) electrons. The van der Waals surface area contributed by atoms with Crippen molar-refractivity contribution in [3.63, 3.8) is 0 Å². The van der Waals surface area contributed by atoms with Crippen LogP contribution < -0.4 is 0 Å². The van der Waals surface area contributed by atoms with Crippen LogP contribution in [0.1, 0.15) is 11.1 Å². The molecule has 0 aromatic heterocycles. The minimum Gasteiger partial charge on any atom is -0.211 e. The number of nitrogens with zero attached hydrogens (tertiary/aromatic N) is 2. The molecular formula is C10H8N2O. The maximum atomic E-state index is 9.81. The fourth-order valence-corrected chi connectivity index (χ4v) is 0.977. The number of hydrogen-bond acceptors (Lipinski definition) is 3. The third kappa shape index (κ3) is 2.90. The van der Waals surface area contributed by atoms with Gasteiger partial charge in [-0.15, -0.1) is 0 Å². The summed E-state index contributed by atoms with van der Waals surface area (Å²) in [5.41, 5.74) is 1.92. The van der Waals surface area contributed by atoms with E-state index < -0.39 is 0 Å². The predicted octanol–water partition coefficient (Wildman–Crippen LogP) is 1.59. The fourth-order valence-electron chi connectivity index (χ4n) is 0.977. The van der Waals surface area contributed by atoms with E-state index in [1.165, 1.54) is 6.08 Å². The molecule has 0 aliphatic rings. The van der Waals surface area contributed by atoms with Crippen LogP contribution in [0, 0.1) is 11.3 Å². The van der Waals surface area contributed by atoms with Gasteiger partial charge in [-0.3, -0.25) is 0 Å². The summed E-state index contributed by atoms with van der Waals surface area (Å²) in [7, 11) is 0. The maximum absolute atomic E-state index is 9.81. The van der Waals surface area contributed by atoms with Crippen molar-refractivity contribution in [1.29, 1.82) is 5.26 Å². The normalized spacial score (nSPS) is 8.54. The van der Waals surface area contributed by atoms with Crippen molar-refractivity contribution >= 4 is 6.08 Å². The molecule has 0 heterocycles. The van der Waals surface area contributed by atoms with Gasteiger partial charge in [0.1, 0.15) is 0 Å². The Labute approximate surface area is 76.3 Å². The Balaban J connectivity index is 2.70. The minimum absolute atomic E-state index is 0.357. The Morgan fingerprint density at radius 3 is 2.38 bits per heavy atom. The summed E-state index contributed by atoms with van der Waals surface area (Å²) >= 11 is 0. The van der Waals surface area contributed by atoms with Crippen LogP contribution in [-0.4, -0.2) is 6.08 Å². The van der Waals surface area contributed by atoms with Crippen LogP contribution in [0.3, 0.4) is 0 Å². The summed E-state index contributed by atoms with van der Waals surface area (Å²) in [6.07, 6.45) is 1.89. The van der Waals surface area contributed by atoms with E-state index in [4.69, 9.17) is 5.26 Å². The molecule has 0 unspecified atom stereocenters. The zero-order valence-corrected chi connectivity index (χ0v) is 7.03. The first kappa shape index (κ1) is 9.18. The number of hydrogen-bond donors (Lipinski definition) is 0. The topological polar surface area (TPSA) is 53.2 Å². The summed E-state index contributed by atoms with van der Waals surface area (Å²) in [5.74, 6) is 0. The van der Waals surface area contributed by atoms with Crippen molar-refractivity contribution in [1.82, 2.24) is 0 Å². The molecule has 0 amide bonds. The third-order valence-corrected chi connectivity index (χ3v) is 1.63. The maximum Gasteiger partial charge on any atom is 0.235 e. The van der Waals surface area contributed by atoms with Crippen molar-refractivity contribution in [2.24, 2.45) is 4.99 Å². The van der Waals surface area contributed by atoms with Crippen LogP contribution in [0.5, 0.6) is 0 Å². The zero-order valence-electron chi connectivity index (χ0n) is 7.03. The van der Waals surface area contributed by atoms with Crippen LogP contribution in [0.4, 0.5) is 0 Å². The van der Waals surface area contributed by atoms with Gasteiger partial charge in [0.15, 0.2) is 0 Å². The average Bonchev–Trinajstić information content (AvgIpc) is 2.17. The van der Waals surface area contributed by atoms with Crippen LogP contribution in [0.15, 0.2) is 29.3 Å². The van der Waals surface area contributed by atoms with Crippen LogP contribution in [0.2, 0.25) is 0 Å². The Morgan fingerprint density at radius 1 is 1.23 bits per heavy atom. The van der Waals surface area contributed by atoms with Gasteiger partial charge >= 0.3 is 0 Å². The van der Waals surface area contributed by atoms with E-state index in [1.807, 2.05) is 24.3 Å². The molecular weight excluding hydrogens is 164 g/mol. The number of aliphatic imine (C=N–C) groups is 1.